The van der Waals surface area contributed by atoms with E-state index in [1.54, 1.807) is 55.5 Å². The number of amides is 3. The van der Waals surface area contributed by atoms with Gasteiger partial charge in [-0.3, -0.25) is 14.4 Å². The molecule has 3 amide bonds. The molecule has 0 aliphatic rings. The van der Waals surface area contributed by atoms with Gasteiger partial charge in [0.15, 0.2) is 0 Å². The van der Waals surface area contributed by atoms with Gasteiger partial charge in [0.25, 0.3) is 11.8 Å². The summed E-state index contributed by atoms with van der Waals surface area (Å²) in [6.07, 6.45) is 0. The average molecular weight is 566 g/mol. The second-order valence-electron chi connectivity index (χ2n) is 7.87. The summed E-state index contributed by atoms with van der Waals surface area (Å²) in [6.45, 7) is 1.64. The van der Waals surface area contributed by atoms with Crippen molar-refractivity contribution in [2.45, 2.75) is 11.8 Å². The molecule has 0 aliphatic carbocycles. The molecule has 0 radical (unpaired) electrons. The van der Waals surface area contributed by atoms with Crippen LogP contribution in [0.5, 0.6) is 0 Å². The van der Waals surface area contributed by atoms with E-state index in [9.17, 15) is 19.2 Å². The van der Waals surface area contributed by atoms with Crippen molar-refractivity contribution in [3.63, 3.8) is 0 Å². The van der Waals surface area contributed by atoms with Crippen molar-refractivity contribution in [2.75, 3.05) is 28.8 Å². The normalized spacial score (nSPS) is 10.5. The Morgan fingerprint density at radius 3 is 2.32 bits per heavy atom. The van der Waals surface area contributed by atoms with Gasteiger partial charge >= 0.3 is 5.97 Å². The van der Waals surface area contributed by atoms with E-state index in [2.05, 4.69) is 16.0 Å². The quantitative estimate of drug-likeness (QED) is 0.166. The molecule has 0 unspecified atom stereocenters. The van der Waals surface area contributed by atoms with Crippen molar-refractivity contribution in [2.24, 2.45) is 0 Å². The molecular formula is C27H23N3O5S3. The van der Waals surface area contributed by atoms with E-state index in [4.69, 9.17) is 4.74 Å². The van der Waals surface area contributed by atoms with Crippen LogP contribution < -0.4 is 16.0 Å². The van der Waals surface area contributed by atoms with Gasteiger partial charge in [0.2, 0.25) is 5.91 Å². The number of anilines is 3. The number of carbonyl (C=O) groups excluding carboxylic acids is 4. The first-order valence-corrected chi connectivity index (χ1v) is 14.0. The largest absolute Gasteiger partial charge is 0.465 e. The van der Waals surface area contributed by atoms with Crippen molar-refractivity contribution in [1.29, 1.82) is 0 Å². The smallest absolute Gasteiger partial charge is 0.341 e. The third-order valence-corrected chi connectivity index (χ3v) is 8.30. The number of rotatable bonds is 9. The minimum absolute atomic E-state index is 0.0471. The molecule has 3 N–H and O–H groups in total. The lowest BCUT2D eigenvalue weighted by Crippen LogP contribution is -2.16. The number of hydrogen-bond donors (Lipinski definition) is 3. The number of ether oxygens (including phenoxy) is 1. The molecular weight excluding hydrogens is 543 g/mol. The first kappa shape index (κ1) is 27.1. The summed E-state index contributed by atoms with van der Waals surface area (Å²) in [5, 5.41) is 10.5. The van der Waals surface area contributed by atoms with Crippen LogP contribution in [0.1, 0.15) is 35.3 Å². The molecule has 8 nitrogen and oxygen atoms in total. The molecule has 2 heterocycles. The van der Waals surface area contributed by atoms with Gasteiger partial charge in [-0.15, -0.1) is 34.4 Å². The molecule has 0 fully saturated rings. The van der Waals surface area contributed by atoms with E-state index >= 15 is 0 Å². The summed E-state index contributed by atoms with van der Waals surface area (Å²) >= 11 is 3.64. The fourth-order valence-electron chi connectivity index (χ4n) is 3.45. The van der Waals surface area contributed by atoms with Crippen molar-refractivity contribution in [3.8, 4) is 0 Å². The Bertz CT molecular complexity index is 1470. The summed E-state index contributed by atoms with van der Waals surface area (Å²) in [4.78, 5) is 52.2. The second-order valence-corrected chi connectivity index (χ2v) is 10.9. The number of benzene rings is 2. The molecule has 4 aromatic rings. The van der Waals surface area contributed by atoms with Gasteiger partial charge in [-0.05, 0) is 54.3 Å². The molecule has 0 atom stereocenters. The Morgan fingerprint density at radius 2 is 1.61 bits per heavy atom. The van der Waals surface area contributed by atoms with Crippen molar-refractivity contribution >= 4 is 74.5 Å². The molecule has 0 spiro atoms. The van der Waals surface area contributed by atoms with E-state index in [1.807, 2.05) is 23.6 Å². The van der Waals surface area contributed by atoms with Gasteiger partial charge in [0, 0.05) is 16.3 Å². The highest BCUT2D eigenvalue weighted by Gasteiger charge is 2.26. The highest BCUT2D eigenvalue weighted by Crippen LogP contribution is 2.34. The van der Waals surface area contributed by atoms with Gasteiger partial charge in [-0.25, -0.2) is 4.79 Å². The third-order valence-electron chi connectivity index (χ3n) is 5.23. The van der Waals surface area contributed by atoms with Crippen LogP contribution in [0.2, 0.25) is 0 Å². The predicted octanol–water partition coefficient (Wildman–Crippen LogP) is 6.14. The van der Waals surface area contributed by atoms with E-state index in [0.717, 1.165) is 16.2 Å². The van der Waals surface area contributed by atoms with Gasteiger partial charge in [0.1, 0.15) is 5.00 Å². The zero-order valence-corrected chi connectivity index (χ0v) is 22.9. The van der Waals surface area contributed by atoms with E-state index in [1.165, 1.54) is 30.2 Å². The fourth-order valence-corrected chi connectivity index (χ4v) is 5.93. The molecule has 0 bridgehead atoms. The van der Waals surface area contributed by atoms with Crippen LogP contribution in [0.4, 0.5) is 16.4 Å². The van der Waals surface area contributed by atoms with Crippen LogP contribution in [-0.4, -0.2) is 36.6 Å². The molecule has 194 valence electrons. The lowest BCUT2D eigenvalue weighted by atomic mass is 10.1. The Morgan fingerprint density at radius 1 is 0.868 bits per heavy atom. The summed E-state index contributed by atoms with van der Waals surface area (Å²) in [7, 11) is 1.24. The number of methoxy groups -OCH3 is 1. The van der Waals surface area contributed by atoms with Gasteiger partial charge in [0.05, 0.1) is 28.2 Å². The monoisotopic (exact) mass is 565 g/mol. The number of thioether (sulfide) groups is 1. The van der Waals surface area contributed by atoms with Crippen molar-refractivity contribution < 1.29 is 23.9 Å². The van der Waals surface area contributed by atoms with E-state index in [-0.39, 0.29) is 34.0 Å². The minimum Gasteiger partial charge on any atom is -0.465 e. The highest BCUT2D eigenvalue weighted by molar-refractivity contribution is 8.00. The SMILES string of the molecule is COC(=O)c1c(NC(=O)CSc2cccc(NC(=O)c3cccs3)c2)sc(C(=O)Nc2ccccc2)c1C. The van der Waals surface area contributed by atoms with E-state index < -0.39 is 5.97 Å². The first-order valence-electron chi connectivity index (χ1n) is 11.3. The van der Waals surface area contributed by atoms with Gasteiger partial charge in [-0.1, -0.05) is 30.3 Å². The predicted molar refractivity (Wildman–Crippen MR) is 153 cm³/mol. The summed E-state index contributed by atoms with van der Waals surface area (Å²) < 4.78 is 4.90. The molecule has 4 rings (SSSR count). The second kappa shape index (κ2) is 12.5. The third kappa shape index (κ3) is 6.68. The zero-order valence-electron chi connectivity index (χ0n) is 20.4. The Labute approximate surface area is 231 Å². The number of nitrogens with one attached hydrogen (secondary N) is 3. The number of esters is 1. The summed E-state index contributed by atoms with van der Waals surface area (Å²) in [5.41, 5.74) is 1.80. The molecule has 0 saturated heterocycles. The van der Waals surface area contributed by atoms with Crippen LogP contribution in [0.3, 0.4) is 0 Å². The minimum atomic E-state index is -0.644. The molecule has 38 heavy (non-hydrogen) atoms. The topological polar surface area (TPSA) is 114 Å². The zero-order chi connectivity index (χ0) is 27.1. The Kier molecular flexibility index (Phi) is 8.95. The molecule has 11 heteroatoms. The van der Waals surface area contributed by atoms with Gasteiger partial charge < -0.3 is 20.7 Å². The maximum Gasteiger partial charge on any atom is 0.341 e. The number of thiophene rings is 2. The number of carbonyl (C=O) groups is 4. The fraction of sp³-hybridized carbons (Fsp3) is 0.111. The average Bonchev–Trinajstić information content (AvgIpc) is 3.56. The first-order chi connectivity index (χ1) is 18.4. The lowest BCUT2D eigenvalue weighted by Gasteiger charge is -2.08. The van der Waals surface area contributed by atoms with Crippen LogP contribution in [0.25, 0.3) is 0 Å². The maximum atomic E-state index is 12.9. The van der Waals surface area contributed by atoms with Crippen LogP contribution in [0, 0.1) is 6.92 Å². The number of para-hydroxylation sites is 1. The maximum absolute atomic E-state index is 12.9. The standard InChI is InChI=1S/C27H23N3O5S3/c1-16-22(27(34)35-2)26(38-23(16)25(33)28-17-8-4-3-5-9-17)30-21(31)15-37-19-11-6-10-18(14-19)29-24(32)20-12-7-13-36-20/h3-14H,15H2,1-2H3,(H,28,33)(H,29,32)(H,30,31). The molecule has 2 aromatic carbocycles. The molecule has 0 saturated carbocycles. The van der Waals surface area contributed by atoms with Crippen LogP contribution in [-0.2, 0) is 9.53 Å². The van der Waals surface area contributed by atoms with E-state index in [0.29, 0.717) is 26.7 Å². The Hall–Kier alpha value is -3.93. The van der Waals surface area contributed by atoms with Crippen molar-refractivity contribution in [3.05, 3.63) is 93.0 Å². The molecule has 0 aliphatic heterocycles. The molecule has 2 aromatic heterocycles. The number of hydrogen-bond acceptors (Lipinski definition) is 8. The summed E-state index contributed by atoms with van der Waals surface area (Å²) in [6, 6.07) is 19.7. The summed E-state index contributed by atoms with van der Waals surface area (Å²) in [5.74, 6) is -1.54. The van der Waals surface area contributed by atoms with Crippen LogP contribution >= 0.6 is 34.4 Å². The van der Waals surface area contributed by atoms with Crippen LogP contribution in [0.15, 0.2) is 77.0 Å². The highest BCUT2D eigenvalue weighted by atomic mass is 32.2. The van der Waals surface area contributed by atoms with Crippen molar-refractivity contribution in [1.82, 2.24) is 0 Å². The Balaban J connectivity index is 1.43. The van der Waals surface area contributed by atoms with Gasteiger partial charge in [-0.2, -0.15) is 0 Å². The lowest BCUT2D eigenvalue weighted by molar-refractivity contribution is -0.113.